The molecule has 0 aromatic heterocycles. The molecule has 0 aliphatic heterocycles. The van der Waals surface area contributed by atoms with Crippen molar-refractivity contribution in [1.82, 2.24) is 0 Å². The van der Waals surface area contributed by atoms with Crippen LogP contribution in [0.15, 0.2) is 24.3 Å². The summed E-state index contributed by atoms with van der Waals surface area (Å²) in [6.07, 6.45) is 7.21. The minimum atomic E-state index is -0.00556. The van der Waals surface area contributed by atoms with E-state index in [2.05, 4.69) is 0 Å². The SMILES string of the molecule is O=CC(c1ccccc1Cl)C1CCCCC1. The Hall–Kier alpha value is -0.820. The van der Waals surface area contributed by atoms with Crippen LogP contribution >= 0.6 is 11.6 Å². The molecule has 1 atom stereocenters. The second-order valence-corrected chi connectivity index (χ2v) is 4.99. The van der Waals surface area contributed by atoms with Crippen LogP contribution in [0.5, 0.6) is 0 Å². The van der Waals surface area contributed by atoms with Crippen LogP contribution in [0.25, 0.3) is 0 Å². The van der Waals surface area contributed by atoms with Crippen LogP contribution in [0.1, 0.15) is 43.6 Å². The molecule has 1 aromatic carbocycles. The van der Waals surface area contributed by atoms with Crippen molar-refractivity contribution in [2.75, 3.05) is 0 Å². The zero-order valence-electron chi connectivity index (χ0n) is 9.36. The molecule has 16 heavy (non-hydrogen) atoms. The summed E-state index contributed by atoms with van der Waals surface area (Å²) in [5, 5.41) is 0.727. The van der Waals surface area contributed by atoms with Crippen LogP contribution in [0.3, 0.4) is 0 Å². The number of carbonyl (C=O) groups is 1. The van der Waals surface area contributed by atoms with Gasteiger partial charge >= 0.3 is 0 Å². The second kappa shape index (κ2) is 5.49. The summed E-state index contributed by atoms with van der Waals surface area (Å²) in [7, 11) is 0. The molecule has 1 aromatic rings. The van der Waals surface area contributed by atoms with Crippen LogP contribution in [-0.2, 0) is 4.79 Å². The molecule has 0 amide bonds. The summed E-state index contributed by atoms with van der Waals surface area (Å²) >= 11 is 6.16. The highest BCUT2D eigenvalue weighted by molar-refractivity contribution is 6.31. The number of hydrogen-bond acceptors (Lipinski definition) is 1. The molecule has 1 fully saturated rings. The molecule has 0 spiro atoms. The van der Waals surface area contributed by atoms with E-state index in [1.165, 1.54) is 19.3 Å². The summed E-state index contributed by atoms with van der Waals surface area (Å²) in [6, 6.07) is 7.72. The highest BCUT2D eigenvalue weighted by Gasteiger charge is 2.25. The van der Waals surface area contributed by atoms with Gasteiger partial charge in [0.1, 0.15) is 6.29 Å². The molecule has 86 valence electrons. The summed E-state index contributed by atoms with van der Waals surface area (Å²) in [4.78, 5) is 11.3. The quantitative estimate of drug-likeness (QED) is 0.719. The predicted molar refractivity (Wildman–Crippen MR) is 66.8 cm³/mol. The molecular weight excluding hydrogens is 220 g/mol. The first kappa shape index (κ1) is 11.7. The van der Waals surface area contributed by atoms with Crippen LogP contribution in [-0.4, -0.2) is 6.29 Å². The lowest BCUT2D eigenvalue weighted by molar-refractivity contribution is -0.110. The molecule has 1 aliphatic rings. The fourth-order valence-electron chi connectivity index (χ4n) is 2.68. The van der Waals surface area contributed by atoms with Crippen molar-refractivity contribution in [3.8, 4) is 0 Å². The van der Waals surface area contributed by atoms with E-state index in [-0.39, 0.29) is 5.92 Å². The van der Waals surface area contributed by atoms with Gasteiger partial charge in [-0.3, -0.25) is 0 Å². The van der Waals surface area contributed by atoms with Crippen molar-refractivity contribution in [3.63, 3.8) is 0 Å². The summed E-state index contributed by atoms with van der Waals surface area (Å²) in [5.74, 6) is 0.486. The maximum atomic E-state index is 11.3. The Bertz CT molecular complexity index is 356. The van der Waals surface area contributed by atoms with Crippen molar-refractivity contribution in [2.24, 2.45) is 5.92 Å². The molecule has 1 unspecified atom stereocenters. The minimum absolute atomic E-state index is 0.00556. The molecular formula is C14H17ClO. The number of benzene rings is 1. The van der Waals surface area contributed by atoms with E-state index < -0.39 is 0 Å². The van der Waals surface area contributed by atoms with Crippen molar-refractivity contribution in [2.45, 2.75) is 38.0 Å². The maximum Gasteiger partial charge on any atom is 0.127 e. The van der Waals surface area contributed by atoms with Gasteiger partial charge in [-0.25, -0.2) is 0 Å². The third-order valence-corrected chi connectivity index (χ3v) is 3.91. The van der Waals surface area contributed by atoms with Crippen LogP contribution < -0.4 is 0 Å². The molecule has 1 aliphatic carbocycles. The summed E-state index contributed by atoms with van der Waals surface area (Å²) in [6.45, 7) is 0. The van der Waals surface area contributed by atoms with Gasteiger partial charge in [-0.2, -0.15) is 0 Å². The minimum Gasteiger partial charge on any atom is -0.303 e. The topological polar surface area (TPSA) is 17.1 Å². The fourth-order valence-corrected chi connectivity index (χ4v) is 2.94. The molecule has 0 N–H and O–H groups in total. The van der Waals surface area contributed by atoms with Crippen molar-refractivity contribution < 1.29 is 4.79 Å². The second-order valence-electron chi connectivity index (χ2n) is 4.58. The van der Waals surface area contributed by atoms with E-state index in [4.69, 9.17) is 11.6 Å². The van der Waals surface area contributed by atoms with Gasteiger partial charge in [0.15, 0.2) is 0 Å². The van der Waals surface area contributed by atoms with Crippen molar-refractivity contribution in [3.05, 3.63) is 34.9 Å². The van der Waals surface area contributed by atoms with Gasteiger partial charge in [0.2, 0.25) is 0 Å². The summed E-state index contributed by atoms with van der Waals surface area (Å²) < 4.78 is 0. The number of carbonyl (C=O) groups excluding carboxylic acids is 1. The molecule has 1 saturated carbocycles. The van der Waals surface area contributed by atoms with E-state index in [0.717, 1.165) is 29.7 Å². The Labute approximate surface area is 102 Å². The lowest BCUT2D eigenvalue weighted by atomic mass is 9.77. The first-order chi connectivity index (χ1) is 7.83. The summed E-state index contributed by atoms with van der Waals surface area (Å²) in [5.41, 5.74) is 1.01. The number of rotatable bonds is 3. The largest absolute Gasteiger partial charge is 0.303 e. The smallest absolute Gasteiger partial charge is 0.127 e. The Morgan fingerprint density at radius 3 is 2.50 bits per heavy atom. The standard InChI is InChI=1S/C14H17ClO/c15-14-9-5-4-8-12(14)13(10-16)11-6-2-1-3-7-11/h4-5,8-11,13H,1-3,6-7H2. The highest BCUT2D eigenvalue weighted by Crippen LogP contribution is 2.37. The van der Waals surface area contributed by atoms with Gasteiger partial charge in [0, 0.05) is 10.9 Å². The predicted octanol–water partition coefficient (Wildman–Crippen LogP) is 4.20. The van der Waals surface area contributed by atoms with Crippen LogP contribution in [0, 0.1) is 5.92 Å². The van der Waals surface area contributed by atoms with E-state index in [9.17, 15) is 4.79 Å². The average Bonchev–Trinajstić information content (AvgIpc) is 2.34. The monoisotopic (exact) mass is 236 g/mol. The Kier molecular flexibility index (Phi) is 4.00. The van der Waals surface area contributed by atoms with Gasteiger partial charge < -0.3 is 4.79 Å². The van der Waals surface area contributed by atoms with Crippen molar-refractivity contribution in [1.29, 1.82) is 0 Å². The first-order valence-electron chi connectivity index (χ1n) is 6.02. The Morgan fingerprint density at radius 2 is 1.88 bits per heavy atom. The molecule has 2 rings (SSSR count). The van der Waals surface area contributed by atoms with Crippen molar-refractivity contribution >= 4 is 17.9 Å². The molecule has 0 saturated heterocycles. The zero-order chi connectivity index (χ0) is 11.4. The molecule has 1 nitrogen and oxygen atoms in total. The number of hydrogen-bond donors (Lipinski definition) is 0. The Morgan fingerprint density at radius 1 is 1.19 bits per heavy atom. The third-order valence-electron chi connectivity index (χ3n) is 3.57. The van der Waals surface area contributed by atoms with Gasteiger partial charge in [-0.15, -0.1) is 0 Å². The van der Waals surface area contributed by atoms with E-state index in [1.54, 1.807) is 0 Å². The van der Waals surface area contributed by atoms with Gasteiger partial charge in [0.25, 0.3) is 0 Å². The molecule has 0 radical (unpaired) electrons. The van der Waals surface area contributed by atoms with Gasteiger partial charge in [0.05, 0.1) is 0 Å². The lowest BCUT2D eigenvalue weighted by Gasteiger charge is -2.27. The molecule has 0 heterocycles. The first-order valence-corrected chi connectivity index (χ1v) is 6.40. The van der Waals surface area contributed by atoms with Crippen LogP contribution in [0.4, 0.5) is 0 Å². The van der Waals surface area contributed by atoms with E-state index in [1.807, 2.05) is 24.3 Å². The number of aldehydes is 1. The van der Waals surface area contributed by atoms with Gasteiger partial charge in [-0.05, 0) is 30.4 Å². The van der Waals surface area contributed by atoms with E-state index >= 15 is 0 Å². The highest BCUT2D eigenvalue weighted by atomic mass is 35.5. The normalized spacial score (nSPS) is 19.3. The zero-order valence-corrected chi connectivity index (χ0v) is 10.1. The van der Waals surface area contributed by atoms with E-state index in [0.29, 0.717) is 5.92 Å². The fraction of sp³-hybridized carbons (Fsp3) is 0.500. The lowest BCUT2D eigenvalue weighted by Crippen LogP contribution is -2.17. The molecule has 0 bridgehead atoms. The maximum absolute atomic E-state index is 11.3. The third kappa shape index (κ3) is 2.46. The van der Waals surface area contributed by atoms with Gasteiger partial charge in [-0.1, -0.05) is 49.1 Å². The number of halogens is 1. The van der Waals surface area contributed by atoms with Crippen LogP contribution in [0.2, 0.25) is 5.02 Å². The average molecular weight is 237 g/mol. The molecule has 2 heteroatoms. The Balaban J connectivity index is 2.21.